The third-order valence-electron chi connectivity index (χ3n) is 2.39. The maximum absolute atomic E-state index is 4.35. The summed E-state index contributed by atoms with van der Waals surface area (Å²) in [6, 6.07) is 6.42. The van der Waals surface area contributed by atoms with Gasteiger partial charge in [0.05, 0.1) is 6.04 Å². The molecular formula is C12H15N3S. The molecule has 84 valence electrons. The van der Waals surface area contributed by atoms with Crippen LogP contribution < -0.4 is 5.32 Å². The van der Waals surface area contributed by atoms with Crippen molar-refractivity contribution in [3.63, 3.8) is 0 Å². The van der Waals surface area contributed by atoms with Crippen LogP contribution in [0.25, 0.3) is 0 Å². The number of rotatable bonds is 4. The minimum atomic E-state index is 0.307. The minimum absolute atomic E-state index is 0.307. The lowest BCUT2D eigenvalue weighted by molar-refractivity contribution is 0.751. The molecule has 0 saturated carbocycles. The first-order valence-corrected chi connectivity index (χ1v) is 6.27. The maximum atomic E-state index is 4.35. The smallest absolute Gasteiger partial charge is 0.223 e. The summed E-state index contributed by atoms with van der Waals surface area (Å²) >= 11 is 1.76. The number of aryl methyl sites for hydroxylation is 1. The molecule has 0 radical (unpaired) electrons. The molecule has 2 aromatic heterocycles. The summed E-state index contributed by atoms with van der Waals surface area (Å²) in [6.07, 6.45) is 2.81. The summed E-state index contributed by atoms with van der Waals surface area (Å²) in [7, 11) is 0. The van der Waals surface area contributed by atoms with E-state index in [2.05, 4.69) is 39.7 Å². The highest BCUT2D eigenvalue weighted by molar-refractivity contribution is 7.10. The number of hydrogen-bond acceptors (Lipinski definition) is 4. The van der Waals surface area contributed by atoms with Crippen LogP contribution in [0.15, 0.2) is 29.8 Å². The molecule has 2 rings (SSSR count). The van der Waals surface area contributed by atoms with Gasteiger partial charge in [0.2, 0.25) is 5.95 Å². The Morgan fingerprint density at radius 2 is 2.31 bits per heavy atom. The molecule has 2 heterocycles. The summed E-state index contributed by atoms with van der Waals surface area (Å²) in [4.78, 5) is 9.90. The minimum Gasteiger partial charge on any atom is -0.347 e. The van der Waals surface area contributed by atoms with Crippen LogP contribution in [0.3, 0.4) is 0 Å². The second-order valence-electron chi connectivity index (χ2n) is 3.64. The lowest BCUT2D eigenvalue weighted by atomic mass is 10.2. The summed E-state index contributed by atoms with van der Waals surface area (Å²) in [6.45, 7) is 4.13. The van der Waals surface area contributed by atoms with Gasteiger partial charge in [0.1, 0.15) is 0 Å². The molecule has 0 spiro atoms. The summed E-state index contributed by atoms with van der Waals surface area (Å²) in [5, 5.41) is 5.45. The lowest BCUT2D eigenvalue weighted by Crippen LogP contribution is -2.10. The van der Waals surface area contributed by atoms with Crippen molar-refractivity contribution in [2.75, 3.05) is 5.32 Å². The van der Waals surface area contributed by atoms with Crippen molar-refractivity contribution in [3.8, 4) is 0 Å². The van der Waals surface area contributed by atoms with E-state index in [1.165, 1.54) is 4.88 Å². The fourth-order valence-corrected chi connectivity index (χ4v) is 2.40. The molecule has 0 aliphatic heterocycles. The second-order valence-corrected chi connectivity index (χ2v) is 4.62. The normalized spacial score (nSPS) is 12.4. The zero-order valence-corrected chi connectivity index (χ0v) is 10.3. The Bertz CT molecular complexity index is 439. The predicted octanol–water partition coefficient (Wildman–Crippen LogP) is 3.41. The number of hydrogen-bond donors (Lipinski definition) is 1. The molecule has 0 fully saturated rings. The van der Waals surface area contributed by atoms with Gasteiger partial charge < -0.3 is 5.32 Å². The fraction of sp³-hybridized carbons (Fsp3) is 0.333. The third kappa shape index (κ3) is 2.58. The first-order valence-electron chi connectivity index (χ1n) is 5.39. The van der Waals surface area contributed by atoms with Crippen molar-refractivity contribution >= 4 is 17.3 Å². The standard InChI is InChI=1S/C12H15N3S/c1-3-10(11-5-4-8-16-11)15-12-13-7-6-9(2)14-12/h4-8,10H,3H2,1-2H3,(H,13,14,15). The Morgan fingerprint density at radius 1 is 1.44 bits per heavy atom. The molecule has 4 heteroatoms. The monoisotopic (exact) mass is 233 g/mol. The molecule has 0 aliphatic rings. The van der Waals surface area contributed by atoms with Gasteiger partial charge in [-0.25, -0.2) is 9.97 Å². The highest BCUT2D eigenvalue weighted by atomic mass is 32.1. The Morgan fingerprint density at radius 3 is 2.94 bits per heavy atom. The van der Waals surface area contributed by atoms with Crippen LogP contribution in [0.4, 0.5) is 5.95 Å². The van der Waals surface area contributed by atoms with Gasteiger partial charge >= 0.3 is 0 Å². The average Bonchev–Trinajstić information content (AvgIpc) is 2.79. The van der Waals surface area contributed by atoms with Crippen molar-refractivity contribution < 1.29 is 0 Å². The van der Waals surface area contributed by atoms with Crippen molar-refractivity contribution in [3.05, 3.63) is 40.3 Å². The Labute approximate surface area is 99.6 Å². The molecular weight excluding hydrogens is 218 g/mol. The first kappa shape index (κ1) is 11.1. The van der Waals surface area contributed by atoms with Gasteiger partial charge in [-0.05, 0) is 30.9 Å². The highest BCUT2D eigenvalue weighted by Crippen LogP contribution is 2.24. The Kier molecular flexibility index (Phi) is 3.51. The van der Waals surface area contributed by atoms with Gasteiger partial charge in [0.25, 0.3) is 0 Å². The maximum Gasteiger partial charge on any atom is 0.223 e. The molecule has 0 amide bonds. The zero-order valence-electron chi connectivity index (χ0n) is 9.47. The molecule has 0 aliphatic carbocycles. The molecule has 2 aromatic rings. The van der Waals surface area contributed by atoms with Crippen LogP contribution in [0.2, 0.25) is 0 Å². The van der Waals surface area contributed by atoms with Gasteiger partial charge in [-0.3, -0.25) is 0 Å². The van der Waals surface area contributed by atoms with E-state index >= 15 is 0 Å². The average molecular weight is 233 g/mol. The lowest BCUT2D eigenvalue weighted by Gasteiger charge is -2.15. The van der Waals surface area contributed by atoms with Crippen molar-refractivity contribution in [2.24, 2.45) is 0 Å². The second kappa shape index (κ2) is 5.07. The van der Waals surface area contributed by atoms with Crippen LogP contribution in [0.5, 0.6) is 0 Å². The van der Waals surface area contributed by atoms with E-state index in [1.807, 2.05) is 13.0 Å². The van der Waals surface area contributed by atoms with Crippen molar-refractivity contribution in [1.29, 1.82) is 0 Å². The number of nitrogens with one attached hydrogen (secondary N) is 1. The summed E-state index contributed by atoms with van der Waals surface area (Å²) in [5.74, 6) is 0.709. The molecule has 3 nitrogen and oxygen atoms in total. The number of anilines is 1. The molecule has 0 bridgehead atoms. The summed E-state index contributed by atoms with van der Waals surface area (Å²) < 4.78 is 0. The molecule has 1 unspecified atom stereocenters. The summed E-state index contributed by atoms with van der Waals surface area (Å²) in [5.41, 5.74) is 0.985. The SMILES string of the molecule is CCC(Nc1nccc(C)n1)c1cccs1. The van der Waals surface area contributed by atoms with E-state index in [0.29, 0.717) is 12.0 Å². The highest BCUT2D eigenvalue weighted by Gasteiger charge is 2.10. The van der Waals surface area contributed by atoms with E-state index in [4.69, 9.17) is 0 Å². The first-order chi connectivity index (χ1) is 7.79. The van der Waals surface area contributed by atoms with Crippen LogP contribution in [-0.4, -0.2) is 9.97 Å². The number of aromatic nitrogens is 2. The van der Waals surface area contributed by atoms with Crippen LogP contribution >= 0.6 is 11.3 Å². The fourth-order valence-electron chi connectivity index (χ4n) is 1.54. The molecule has 1 atom stereocenters. The van der Waals surface area contributed by atoms with Crippen LogP contribution in [0.1, 0.15) is 30.0 Å². The molecule has 16 heavy (non-hydrogen) atoms. The predicted molar refractivity (Wildman–Crippen MR) is 67.7 cm³/mol. The quantitative estimate of drug-likeness (QED) is 0.879. The number of thiophene rings is 1. The van der Waals surface area contributed by atoms with E-state index in [9.17, 15) is 0 Å². The van der Waals surface area contributed by atoms with E-state index in [-0.39, 0.29) is 0 Å². The van der Waals surface area contributed by atoms with Gasteiger partial charge in [-0.2, -0.15) is 0 Å². The van der Waals surface area contributed by atoms with Crippen LogP contribution in [-0.2, 0) is 0 Å². The number of nitrogens with zero attached hydrogens (tertiary/aromatic N) is 2. The molecule has 1 N–H and O–H groups in total. The van der Waals surface area contributed by atoms with Gasteiger partial charge in [-0.1, -0.05) is 13.0 Å². The molecule has 0 aromatic carbocycles. The van der Waals surface area contributed by atoms with Crippen LogP contribution in [0, 0.1) is 6.92 Å². The van der Waals surface area contributed by atoms with Gasteiger partial charge in [0, 0.05) is 16.8 Å². The van der Waals surface area contributed by atoms with E-state index in [0.717, 1.165) is 12.1 Å². The Hall–Kier alpha value is -1.42. The molecule has 0 saturated heterocycles. The van der Waals surface area contributed by atoms with Gasteiger partial charge in [0.15, 0.2) is 0 Å². The van der Waals surface area contributed by atoms with Crippen molar-refractivity contribution in [2.45, 2.75) is 26.3 Å². The van der Waals surface area contributed by atoms with Crippen molar-refractivity contribution in [1.82, 2.24) is 9.97 Å². The third-order valence-corrected chi connectivity index (χ3v) is 3.38. The van der Waals surface area contributed by atoms with Gasteiger partial charge in [-0.15, -0.1) is 11.3 Å². The zero-order chi connectivity index (χ0) is 11.4. The topological polar surface area (TPSA) is 37.8 Å². The largest absolute Gasteiger partial charge is 0.347 e. The Balaban J connectivity index is 2.13. The van der Waals surface area contributed by atoms with E-state index < -0.39 is 0 Å². The van der Waals surface area contributed by atoms with E-state index in [1.54, 1.807) is 17.5 Å².